The molecule has 0 aromatic heterocycles. The zero-order valence-corrected chi connectivity index (χ0v) is 17.8. The lowest BCUT2D eigenvalue weighted by molar-refractivity contribution is -0.137. The van der Waals surface area contributed by atoms with E-state index in [1.807, 2.05) is 0 Å². The lowest BCUT2D eigenvalue weighted by Crippen LogP contribution is -2.08. The molecule has 0 aliphatic carbocycles. The molecule has 0 aliphatic rings. The molecule has 0 unspecified atom stereocenters. The number of halogens is 5. The average molecular weight is 454 g/mol. The Morgan fingerprint density at radius 1 is 1.00 bits per heavy atom. The van der Waals surface area contributed by atoms with E-state index in [0.29, 0.717) is 21.2 Å². The van der Waals surface area contributed by atoms with Crippen molar-refractivity contribution in [2.45, 2.75) is 32.4 Å². The second-order valence-electron chi connectivity index (χ2n) is 7.02. The first-order chi connectivity index (χ1) is 14.2. The number of carbonyl (C=O) groups excluding carboxylic acids is 1. The van der Waals surface area contributed by atoms with Crippen molar-refractivity contribution in [1.29, 1.82) is 0 Å². The van der Waals surface area contributed by atoms with Crippen molar-refractivity contribution in [3.8, 4) is 0 Å². The van der Waals surface area contributed by atoms with Crippen LogP contribution in [-0.2, 0) is 6.18 Å². The summed E-state index contributed by atoms with van der Waals surface area (Å²) < 4.78 is 39.9. The van der Waals surface area contributed by atoms with E-state index in [9.17, 15) is 18.0 Å². The van der Waals surface area contributed by atoms with Crippen molar-refractivity contribution in [3.63, 3.8) is 0 Å². The first-order valence-corrected chi connectivity index (χ1v) is 10.3. The van der Waals surface area contributed by atoms with Gasteiger partial charge in [-0.1, -0.05) is 49.0 Å². The van der Waals surface area contributed by atoms with Crippen LogP contribution < -0.4 is 5.32 Å². The smallest absolute Gasteiger partial charge is 0.391 e. The SMILES string of the molecule is CCCCCNC=CC(=O)c1cc2c(Cl)cc(Cl)cc2c2cc(C(F)(F)F)ccc12. The number of benzene rings is 3. The van der Waals surface area contributed by atoms with E-state index in [-0.39, 0.29) is 21.8 Å². The van der Waals surface area contributed by atoms with Crippen LogP contribution in [0.15, 0.2) is 48.7 Å². The molecule has 0 saturated heterocycles. The lowest BCUT2D eigenvalue weighted by atomic mass is 9.93. The molecule has 7 heteroatoms. The average Bonchev–Trinajstić information content (AvgIpc) is 2.69. The molecule has 0 aliphatic heterocycles. The van der Waals surface area contributed by atoms with Gasteiger partial charge in [-0.15, -0.1) is 0 Å². The van der Waals surface area contributed by atoms with Gasteiger partial charge in [0.15, 0.2) is 5.78 Å². The first-order valence-electron chi connectivity index (χ1n) is 9.59. The highest BCUT2D eigenvalue weighted by Crippen LogP contribution is 2.38. The topological polar surface area (TPSA) is 29.1 Å². The third-order valence-electron chi connectivity index (χ3n) is 4.85. The van der Waals surface area contributed by atoms with Crippen molar-refractivity contribution in [2.75, 3.05) is 6.54 Å². The first kappa shape index (κ1) is 22.4. The van der Waals surface area contributed by atoms with Crippen LogP contribution in [0.5, 0.6) is 0 Å². The third-order valence-corrected chi connectivity index (χ3v) is 5.38. The summed E-state index contributed by atoms with van der Waals surface area (Å²) in [4.78, 5) is 12.8. The van der Waals surface area contributed by atoms with E-state index in [4.69, 9.17) is 23.2 Å². The van der Waals surface area contributed by atoms with Gasteiger partial charge in [-0.2, -0.15) is 13.2 Å². The fourth-order valence-corrected chi connectivity index (χ4v) is 3.89. The van der Waals surface area contributed by atoms with Crippen LogP contribution in [0.3, 0.4) is 0 Å². The summed E-state index contributed by atoms with van der Waals surface area (Å²) in [6.45, 7) is 2.85. The van der Waals surface area contributed by atoms with E-state index in [1.54, 1.807) is 18.3 Å². The van der Waals surface area contributed by atoms with Crippen molar-refractivity contribution >= 4 is 50.5 Å². The summed E-state index contributed by atoms with van der Waals surface area (Å²) in [6, 6.07) is 8.00. The molecule has 0 bridgehead atoms. The van der Waals surface area contributed by atoms with Gasteiger partial charge in [-0.3, -0.25) is 4.79 Å². The van der Waals surface area contributed by atoms with Crippen LogP contribution in [0.1, 0.15) is 42.1 Å². The molecule has 0 spiro atoms. The Morgan fingerprint density at radius 3 is 2.43 bits per heavy atom. The number of rotatable bonds is 7. The zero-order valence-electron chi connectivity index (χ0n) is 16.2. The van der Waals surface area contributed by atoms with Gasteiger partial charge in [0.1, 0.15) is 0 Å². The summed E-state index contributed by atoms with van der Waals surface area (Å²) in [5.41, 5.74) is -0.521. The van der Waals surface area contributed by atoms with E-state index in [0.717, 1.165) is 37.9 Å². The highest BCUT2D eigenvalue weighted by molar-refractivity contribution is 6.40. The Labute approximate surface area is 182 Å². The summed E-state index contributed by atoms with van der Waals surface area (Å²) in [5, 5.41) is 5.26. The molecule has 0 heterocycles. The second kappa shape index (κ2) is 9.27. The van der Waals surface area contributed by atoms with E-state index >= 15 is 0 Å². The number of carbonyl (C=O) groups is 1. The number of nitrogens with one attached hydrogen (secondary N) is 1. The van der Waals surface area contributed by atoms with Gasteiger partial charge in [-0.25, -0.2) is 0 Å². The van der Waals surface area contributed by atoms with Crippen molar-refractivity contribution in [2.24, 2.45) is 0 Å². The van der Waals surface area contributed by atoms with Crippen LogP contribution >= 0.6 is 23.2 Å². The largest absolute Gasteiger partial charge is 0.416 e. The fraction of sp³-hybridized carbons (Fsp3) is 0.261. The highest BCUT2D eigenvalue weighted by atomic mass is 35.5. The molecule has 2 nitrogen and oxygen atoms in total. The molecule has 0 fully saturated rings. The molecule has 0 atom stereocenters. The zero-order chi connectivity index (χ0) is 21.9. The molecule has 0 saturated carbocycles. The van der Waals surface area contributed by atoms with E-state index < -0.39 is 11.7 Å². The van der Waals surface area contributed by atoms with Crippen LogP contribution in [0, 0.1) is 0 Å². The monoisotopic (exact) mass is 453 g/mol. The van der Waals surface area contributed by atoms with Gasteiger partial charge in [-0.05, 0) is 52.9 Å². The number of ketones is 1. The van der Waals surface area contributed by atoms with Gasteiger partial charge in [0.25, 0.3) is 0 Å². The maximum atomic E-state index is 13.3. The minimum absolute atomic E-state index is 0.271. The standard InChI is InChI=1S/C23H20Cl2F3NO/c1-2-3-4-8-29-9-7-22(30)20-13-19-18(11-15(24)12-21(19)25)17-10-14(23(26,27)28)5-6-16(17)20/h5-7,9-13,29H,2-4,8H2,1H3. The minimum atomic E-state index is -4.51. The summed E-state index contributed by atoms with van der Waals surface area (Å²) in [7, 11) is 0. The normalized spacial score (nSPS) is 12.2. The van der Waals surface area contributed by atoms with Gasteiger partial charge in [0, 0.05) is 39.8 Å². The number of allylic oxidation sites excluding steroid dienone is 1. The lowest BCUT2D eigenvalue weighted by Gasteiger charge is -2.13. The van der Waals surface area contributed by atoms with Gasteiger partial charge in [0.05, 0.1) is 5.56 Å². The van der Waals surface area contributed by atoms with Crippen molar-refractivity contribution < 1.29 is 18.0 Å². The molecule has 3 rings (SSSR count). The number of unbranched alkanes of at least 4 members (excludes halogenated alkanes) is 2. The third kappa shape index (κ3) is 4.90. The molecular formula is C23H20Cl2F3NO. The van der Waals surface area contributed by atoms with Gasteiger partial charge in [0.2, 0.25) is 0 Å². The molecule has 0 amide bonds. The molecular weight excluding hydrogens is 434 g/mol. The summed E-state index contributed by atoms with van der Waals surface area (Å²) in [6.07, 6.45) is 1.62. The van der Waals surface area contributed by atoms with Crippen LogP contribution in [-0.4, -0.2) is 12.3 Å². The molecule has 3 aromatic carbocycles. The van der Waals surface area contributed by atoms with Crippen molar-refractivity contribution in [1.82, 2.24) is 5.32 Å². The quantitative estimate of drug-likeness (QED) is 0.171. The Hall–Kier alpha value is -2.24. The minimum Gasteiger partial charge on any atom is -0.391 e. The number of fused-ring (bicyclic) bond motifs is 3. The molecule has 30 heavy (non-hydrogen) atoms. The second-order valence-corrected chi connectivity index (χ2v) is 7.87. The van der Waals surface area contributed by atoms with Crippen LogP contribution in [0.4, 0.5) is 13.2 Å². The van der Waals surface area contributed by atoms with Crippen molar-refractivity contribution in [3.05, 3.63) is 69.8 Å². The fourth-order valence-electron chi connectivity index (χ4n) is 3.34. The predicted molar refractivity (Wildman–Crippen MR) is 117 cm³/mol. The number of hydrogen-bond donors (Lipinski definition) is 1. The molecule has 3 aromatic rings. The maximum Gasteiger partial charge on any atom is 0.416 e. The summed E-state index contributed by atoms with van der Waals surface area (Å²) in [5.74, 6) is -0.323. The predicted octanol–water partition coefficient (Wildman–Crippen LogP) is 7.79. The van der Waals surface area contributed by atoms with E-state index in [2.05, 4.69) is 12.2 Å². The van der Waals surface area contributed by atoms with Gasteiger partial charge < -0.3 is 5.32 Å². The Morgan fingerprint density at radius 2 is 1.73 bits per heavy atom. The molecule has 1 N–H and O–H groups in total. The maximum absolute atomic E-state index is 13.3. The van der Waals surface area contributed by atoms with Gasteiger partial charge >= 0.3 is 6.18 Å². The summed E-state index contributed by atoms with van der Waals surface area (Å²) >= 11 is 12.4. The van der Waals surface area contributed by atoms with Crippen LogP contribution in [0.2, 0.25) is 10.0 Å². The Kier molecular flexibility index (Phi) is 6.94. The highest BCUT2D eigenvalue weighted by Gasteiger charge is 2.31. The molecule has 0 radical (unpaired) electrons. The molecule has 158 valence electrons. The van der Waals surface area contributed by atoms with Crippen LogP contribution in [0.25, 0.3) is 21.5 Å². The Bertz CT molecular complexity index is 1120. The Balaban J connectivity index is 2.11. The number of hydrogen-bond acceptors (Lipinski definition) is 2. The number of alkyl halides is 3. The van der Waals surface area contributed by atoms with E-state index in [1.165, 1.54) is 18.2 Å².